The van der Waals surface area contributed by atoms with Gasteiger partial charge in [-0.1, -0.05) is 6.07 Å². The molecular weight excluding hydrogens is 236 g/mol. The van der Waals surface area contributed by atoms with E-state index in [1.807, 2.05) is 6.92 Å². The molecule has 5 nitrogen and oxygen atoms in total. The molecule has 18 heavy (non-hydrogen) atoms. The van der Waals surface area contributed by atoms with E-state index >= 15 is 0 Å². The van der Waals surface area contributed by atoms with Gasteiger partial charge in [-0.3, -0.25) is 0 Å². The summed E-state index contributed by atoms with van der Waals surface area (Å²) in [6.07, 6.45) is 0. The molecule has 0 saturated heterocycles. The molecule has 0 aliphatic heterocycles. The zero-order chi connectivity index (χ0) is 13.4. The molecule has 0 saturated carbocycles. The molecule has 0 radical (unpaired) electrons. The first-order valence-corrected chi connectivity index (χ1v) is 5.74. The number of aliphatic hydroxyl groups is 1. The molecule has 0 spiro atoms. The summed E-state index contributed by atoms with van der Waals surface area (Å²) in [5.41, 5.74) is 2.14. The number of hydrogen-bond donors (Lipinski definition) is 2. The normalized spacial score (nSPS) is 10.6. The predicted molar refractivity (Wildman–Crippen MR) is 65.7 cm³/mol. The van der Waals surface area contributed by atoms with Crippen LogP contribution >= 0.6 is 0 Å². The molecule has 2 N–H and O–H groups in total. The Bertz CT molecular complexity index is 389. The molecule has 0 aromatic heterocycles. The summed E-state index contributed by atoms with van der Waals surface area (Å²) in [7, 11) is 0. The van der Waals surface area contributed by atoms with Gasteiger partial charge in [0.2, 0.25) is 0 Å². The third-order valence-corrected chi connectivity index (χ3v) is 2.45. The van der Waals surface area contributed by atoms with Crippen LogP contribution in [0.5, 0.6) is 0 Å². The van der Waals surface area contributed by atoms with Gasteiger partial charge in [-0.15, -0.1) is 0 Å². The van der Waals surface area contributed by atoms with Crippen molar-refractivity contribution in [3.8, 4) is 0 Å². The molecule has 0 amide bonds. The molecule has 0 heterocycles. The van der Waals surface area contributed by atoms with Gasteiger partial charge in [-0.2, -0.15) is 0 Å². The van der Waals surface area contributed by atoms with Crippen LogP contribution in [0.15, 0.2) is 18.2 Å². The van der Waals surface area contributed by atoms with Crippen molar-refractivity contribution in [2.75, 3.05) is 26.4 Å². The zero-order valence-electron chi connectivity index (χ0n) is 10.4. The zero-order valence-corrected chi connectivity index (χ0v) is 10.4. The van der Waals surface area contributed by atoms with Crippen LogP contribution in [0.1, 0.15) is 21.5 Å². The second-order valence-corrected chi connectivity index (χ2v) is 3.83. The van der Waals surface area contributed by atoms with E-state index in [1.54, 1.807) is 18.2 Å². The summed E-state index contributed by atoms with van der Waals surface area (Å²) in [6, 6.07) is 4.95. The van der Waals surface area contributed by atoms with Gasteiger partial charge in [0.05, 0.1) is 38.6 Å². The minimum Gasteiger partial charge on any atom is -0.478 e. The highest BCUT2D eigenvalue weighted by atomic mass is 16.5. The van der Waals surface area contributed by atoms with Crippen LogP contribution < -0.4 is 0 Å². The van der Waals surface area contributed by atoms with Crippen molar-refractivity contribution in [2.24, 2.45) is 0 Å². The lowest BCUT2D eigenvalue weighted by molar-refractivity contribution is 0.0273. The Hall–Kier alpha value is -1.43. The van der Waals surface area contributed by atoms with Crippen LogP contribution in [0.3, 0.4) is 0 Å². The number of aromatic carboxylic acids is 1. The average molecular weight is 254 g/mol. The van der Waals surface area contributed by atoms with Crippen LogP contribution in [-0.4, -0.2) is 42.6 Å². The number of hydrogen-bond acceptors (Lipinski definition) is 4. The summed E-state index contributed by atoms with van der Waals surface area (Å²) in [5.74, 6) is -0.928. The minimum absolute atomic E-state index is 0.00968. The van der Waals surface area contributed by atoms with E-state index in [0.717, 1.165) is 11.1 Å². The molecule has 0 atom stereocenters. The van der Waals surface area contributed by atoms with Crippen molar-refractivity contribution >= 4 is 5.97 Å². The maximum Gasteiger partial charge on any atom is 0.335 e. The predicted octanol–water partition coefficient (Wildman–Crippen LogP) is 1.22. The number of benzene rings is 1. The smallest absolute Gasteiger partial charge is 0.335 e. The Morgan fingerprint density at radius 2 is 1.94 bits per heavy atom. The van der Waals surface area contributed by atoms with E-state index in [2.05, 4.69) is 0 Å². The van der Waals surface area contributed by atoms with Crippen LogP contribution in [0.25, 0.3) is 0 Å². The molecule has 100 valence electrons. The van der Waals surface area contributed by atoms with Crippen LogP contribution in [0, 0.1) is 6.92 Å². The number of aryl methyl sites for hydroxylation is 1. The van der Waals surface area contributed by atoms with E-state index < -0.39 is 5.97 Å². The second-order valence-electron chi connectivity index (χ2n) is 3.83. The Balaban J connectivity index is 2.36. The van der Waals surface area contributed by atoms with E-state index in [-0.39, 0.29) is 12.2 Å². The van der Waals surface area contributed by atoms with Crippen molar-refractivity contribution in [3.05, 3.63) is 34.9 Å². The lowest BCUT2D eigenvalue weighted by Gasteiger charge is -2.08. The topological polar surface area (TPSA) is 76.0 Å². The van der Waals surface area contributed by atoms with Crippen molar-refractivity contribution in [2.45, 2.75) is 13.5 Å². The summed E-state index contributed by atoms with van der Waals surface area (Å²) in [4.78, 5) is 10.8. The summed E-state index contributed by atoms with van der Waals surface area (Å²) in [5, 5.41) is 17.3. The number of rotatable bonds is 8. The Morgan fingerprint density at radius 1 is 1.22 bits per heavy atom. The monoisotopic (exact) mass is 254 g/mol. The Kier molecular flexibility index (Phi) is 6.35. The highest BCUT2D eigenvalue weighted by molar-refractivity contribution is 5.87. The van der Waals surface area contributed by atoms with Crippen molar-refractivity contribution < 1.29 is 24.5 Å². The molecule has 1 rings (SSSR count). The van der Waals surface area contributed by atoms with Gasteiger partial charge in [-0.25, -0.2) is 4.79 Å². The number of aliphatic hydroxyl groups excluding tert-OH is 1. The molecule has 0 fully saturated rings. The first-order valence-electron chi connectivity index (χ1n) is 5.74. The van der Waals surface area contributed by atoms with E-state index in [0.29, 0.717) is 26.4 Å². The number of carboxylic acid groups (broad SMARTS) is 1. The maximum absolute atomic E-state index is 10.8. The van der Waals surface area contributed by atoms with Gasteiger partial charge >= 0.3 is 5.97 Å². The minimum atomic E-state index is -0.928. The SMILES string of the molecule is Cc1cc(C(=O)O)ccc1COCCOCCO. The first kappa shape index (κ1) is 14.6. The van der Waals surface area contributed by atoms with E-state index in [4.69, 9.17) is 19.7 Å². The van der Waals surface area contributed by atoms with Crippen LogP contribution in [0.2, 0.25) is 0 Å². The number of ether oxygens (including phenoxy) is 2. The average Bonchev–Trinajstić information content (AvgIpc) is 2.35. The lowest BCUT2D eigenvalue weighted by Crippen LogP contribution is -2.08. The quantitative estimate of drug-likeness (QED) is 0.682. The molecule has 0 bridgehead atoms. The third kappa shape index (κ3) is 4.83. The molecule has 1 aromatic carbocycles. The van der Waals surface area contributed by atoms with E-state index in [9.17, 15) is 4.79 Å². The van der Waals surface area contributed by atoms with Gasteiger partial charge in [0.15, 0.2) is 0 Å². The number of carbonyl (C=O) groups is 1. The van der Waals surface area contributed by atoms with Gasteiger partial charge in [0, 0.05) is 0 Å². The van der Waals surface area contributed by atoms with E-state index in [1.165, 1.54) is 0 Å². The third-order valence-electron chi connectivity index (χ3n) is 2.45. The second kappa shape index (κ2) is 7.81. The summed E-state index contributed by atoms with van der Waals surface area (Å²) < 4.78 is 10.4. The summed E-state index contributed by atoms with van der Waals surface area (Å²) in [6.45, 7) is 3.49. The molecule has 0 aliphatic rings. The molecular formula is C13H18O5. The van der Waals surface area contributed by atoms with Crippen LogP contribution in [-0.2, 0) is 16.1 Å². The summed E-state index contributed by atoms with van der Waals surface area (Å²) >= 11 is 0. The molecule has 0 unspecified atom stereocenters. The van der Waals surface area contributed by atoms with Crippen LogP contribution in [0.4, 0.5) is 0 Å². The highest BCUT2D eigenvalue weighted by Crippen LogP contribution is 2.12. The highest BCUT2D eigenvalue weighted by Gasteiger charge is 2.05. The molecule has 5 heteroatoms. The van der Waals surface area contributed by atoms with Crippen molar-refractivity contribution in [1.82, 2.24) is 0 Å². The van der Waals surface area contributed by atoms with Crippen molar-refractivity contribution in [3.63, 3.8) is 0 Å². The molecule has 1 aromatic rings. The maximum atomic E-state index is 10.8. The lowest BCUT2D eigenvalue weighted by atomic mass is 10.1. The Morgan fingerprint density at radius 3 is 2.56 bits per heavy atom. The number of carboxylic acids is 1. The van der Waals surface area contributed by atoms with Gasteiger partial charge in [0.1, 0.15) is 0 Å². The van der Waals surface area contributed by atoms with Gasteiger partial charge < -0.3 is 19.7 Å². The fourth-order valence-corrected chi connectivity index (χ4v) is 1.46. The Labute approximate surface area is 106 Å². The van der Waals surface area contributed by atoms with Gasteiger partial charge in [-0.05, 0) is 30.2 Å². The fraction of sp³-hybridized carbons (Fsp3) is 0.462. The van der Waals surface area contributed by atoms with Crippen molar-refractivity contribution in [1.29, 1.82) is 0 Å². The first-order chi connectivity index (χ1) is 8.65. The molecule has 0 aliphatic carbocycles. The largest absolute Gasteiger partial charge is 0.478 e. The standard InChI is InChI=1S/C13H18O5/c1-10-8-11(13(15)16)2-3-12(10)9-18-7-6-17-5-4-14/h2-3,8,14H,4-7,9H2,1H3,(H,15,16). The van der Waals surface area contributed by atoms with Gasteiger partial charge in [0.25, 0.3) is 0 Å². The fourth-order valence-electron chi connectivity index (χ4n) is 1.46.